The van der Waals surface area contributed by atoms with Gasteiger partial charge in [-0.3, -0.25) is 9.78 Å². The zero-order chi connectivity index (χ0) is 24.2. The zero-order valence-corrected chi connectivity index (χ0v) is 21.2. The van der Waals surface area contributed by atoms with Crippen molar-refractivity contribution < 1.29 is 14.6 Å². The van der Waals surface area contributed by atoms with E-state index in [1.807, 2.05) is 13.0 Å². The molecule has 8 atom stereocenters. The monoisotopic (exact) mass is 480 g/mol. The lowest BCUT2D eigenvalue weighted by molar-refractivity contribution is -0.138. The average molecular weight is 481 g/mol. The number of carbonyl (C=O) groups excluding carboxylic acids is 1. The summed E-state index contributed by atoms with van der Waals surface area (Å²) in [6.45, 7) is 5.84. The van der Waals surface area contributed by atoms with Gasteiger partial charge in [-0.15, -0.1) is 0 Å². The number of fused-ring (bicyclic) bond motifs is 6. The van der Waals surface area contributed by atoms with E-state index in [4.69, 9.17) is 4.74 Å². The zero-order valence-electron chi connectivity index (χ0n) is 21.2. The molecule has 0 saturated heterocycles. The van der Waals surface area contributed by atoms with Gasteiger partial charge >= 0.3 is 0 Å². The van der Waals surface area contributed by atoms with Crippen molar-refractivity contribution in [3.8, 4) is 0 Å². The molecule has 7 heteroatoms. The summed E-state index contributed by atoms with van der Waals surface area (Å²) in [5.41, 5.74) is 1.01. The van der Waals surface area contributed by atoms with Crippen molar-refractivity contribution in [2.75, 3.05) is 13.2 Å². The summed E-state index contributed by atoms with van der Waals surface area (Å²) < 4.78 is 5.63. The second-order valence-electron chi connectivity index (χ2n) is 12.3. The van der Waals surface area contributed by atoms with Crippen LogP contribution in [0.4, 0.5) is 0 Å². The summed E-state index contributed by atoms with van der Waals surface area (Å²) in [4.78, 5) is 19.2. The smallest absolute Gasteiger partial charge is 0.159 e. The van der Waals surface area contributed by atoms with E-state index in [1.165, 1.54) is 25.7 Å². The fourth-order valence-corrected chi connectivity index (χ4v) is 9.05. The number of pyridine rings is 1. The number of nitrogens with zero attached hydrogens (tertiary/aromatic N) is 4. The van der Waals surface area contributed by atoms with E-state index in [-0.39, 0.29) is 17.9 Å². The third-order valence-corrected chi connectivity index (χ3v) is 10.6. The molecule has 1 N–H and O–H groups in total. The Kier molecular flexibility index (Phi) is 5.99. The molecule has 35 heavy (non-hydrogen) atoms. The molecule has 4 saturated carbocycles. The van der Waals surface area contributed by atoms with Gasteiger partial charge in [-0.1, -0.05) is 6.92 Å². The molecule has 0 spiro atoms. The van der Waals surface area contributed by atoms with Crippen LogP contribution in [-0.2, 0) is 16.1 Å². The minimum atomic E-state index is -0.626. The summed E-state index contributed by atoms with van der Waals surface area (Å²) in [5, 5.41) is 20.1. The molecule has 4 aliphatic carbocycles. The van der Waals surface area contributed by atoms with Gasteiger partial charge in [0, 0.05) is 18.7 Å². The second-order valence-corrected chi connectivity index (χ2v) is 12.3. The van der Waals surface area contributed by atoms with Crippen LogP contribution in [0.5, 0.6) is 0 Å². The lowest BCUT2D eigenvalue weighted by atomic mass is 9.49. The summed E-state index contributed by atoms with van der Waals surface area (Å²) in [7, 11) is 0. The number of ether oxygens (including phenoxy) is 1. The molecule has 0 aliphatic heterocycles. The van der Waals surface area contributed by atoms with Crippen LogP contribution in [-0.4, -0.2) is 49.7 Å². The van der Waals surface area contributed by atoms with Gasteiger partial charge < -0.3 is 9.84 Å². The second kappa shape index (κ2) is 8.91. The lowest BCUT2D eigenvalue weighted by Gasteiger charge is -2.57. The SMILES string of the molecule is CCOC[C@@]1(O)CC[C@H]2[C@@H](CCC3[C@@H]2CC[C@]2(C)[C@@H](C(=O)Cn4nc5ccncc5n4)CC[C@@H]32)C1. The first kappa shape index (κ1) is 23.5. The quantitative estimate of drug-likeness (QED) is 0.658. The van der Waals surface area contributed by atoms with Crippen LogP contribution >= 0.6 is 0 Å². The molecule has 6 rings (SSSR count). The predicted molar refractivity (Wildman–Crippen MR) is 132 cm³/mol. The topological polar surface area (TPSA) is 90.1 Å². The van der Waals surface area contributed by atoms with Gasteiger partial charge in [-0.05, 0) is 106 Å². The number of aromatic nitrogens is 4. The largest absolute Gasteiger partial charge is 0.387 e. The average Bonchev–Trinajstić information content (AvgIpc) is 3.42. The molecule has 4 fully saturated rings. The fraction of sp³-hybridized carbons (Fsp3) is 0.786. The molecule has 190 valence electrons. The fourth-order valence-electron chi connectivity index (χ4n) is 9.05. The highest BCUT2D eigenvalue weighted by atomic mass is 16.5. The van der Waals surface area contributed by atoms with E-state index in [0.717, 1.165) is 60.9 Å². The lowest BCUT2D eigenvalue weighted by Crippen LogP contribution is -2.52. The predicted octanol–water partition coefficient (Wildman–Crippen LogP) is 4.43. The van der Waals surface area contributed by atoms with Gasteiger partial charge in [-0.2, -0.15) is 15.0 Å². The van der Waals surface area contributed by atoms with Gasteiger partial charge in [0.2, 0.25) is 0 Å². The summed E-state index contributed by atoms with van der Waals surface area (Å²) in [6.07, 6.45) is 13.4. The Balaban J connectivity index is 1.14. The Morgan fingerprint density at radius 3 is 2.74 bits per heavy atom. The Hall–Kier alpha value is -1.86. The van der Waals surface area contributed by atoms with Gasteiger partial charge in [-0.25, -0.2) is 0 Å². The molecule has 0 amide bonds. The van der Waals surface area contributed by atoms with E-state index in [2.05, 4.69) is 22.1 Å². The normalized spacial score (nSPS) is 40.8. The van der Waals surface area contributed by atoms with Crippen LogP contribution in [0.2, 0.25) is 0 Å². The Labute approximate surface area is 208 Å². The Bertz CT molecular complexity index is 1050. The molecule has 0 radical (unpaired) electrons. The van der Waals surface area contributed by atoms with Crippen LogP contribution in [0.25, 0.3) is 11.0 Å². The standard InChI is InChI=1S/C28H40N4O3/c1-3-35-17-28(34)12-9-19-18(14-28)4-5-21-20(19)8-11-27(2)22(21)6-7-23(27)26(33)16-32-30-24-10-13-29-15-25(24)31-32/h10,13,15,18-23,34H,3-9,11-12,14,16-17H2,1-2H3/t18-,19-,20+,21?,22-,23+,27-,28+/m0/s1. The molecular formula is C28H40N4O3. The number of carbonyl (C=O) groups is 1. The van der Waals surface area contributed by atoms with E-state index in [1.54, 1.807) is 17.2 Å². The first-order valence-electron chi connectivity index (χ1n) is 13.9. The number of ketones is 1. The van der Waals surface area contributed by atoms with E-state index in [9.17, 15) is 9.90 Å². The third-order valence-electron chi connectivity index (χ3n) is 10.6. The van der Waals surface area contributed by atoms with Crippen molar-refractivity contribution in [2.45, 2.75) is 83.8 Å². The Morgan fingerprint density at radius 1 is 1.09 bits per heavy atom. The van der Waals surface area contributed by atoms with Crippen molar-refractivity contribution in [3.63, 3.8) is 0 Å². The number of Topliss-reactive ketones (excluding diaryl/α,β-unsaturated/α-hetero) is 1. The first-order valence-corrected chi connectivity index (χ1v) is 13.9. The number of rotatable bonds is 6. The summed E-state index contributed by atoms with van der Waals surface area (Å²) in [6, 6.07) is 1.84. The third kappa shape index (κ3) is 4.03. The van der Waals surface area contributed by atoms with Crippen molar-refractivity contribution >= 4 is 16.8 Å². The van der Waals surface area contributed by atoms with Gasteiger partial charge in [0.15, 0.2) is 5.78 Å². The van der Waals surface area contributed by atoms with Crippen molar-refractivity contribution in [2.24, 2.45) is 40.9 Å². The van der Waals surface area contributed by atoms with Crippen LogP contribution in [0.1, 0.15) is 71.6 Å². The first-order chi connectivity index (χ1) is 16.9. The van der Waals surface area contributed by atoms with Gasteiger partial charge in [0.1, 0.15) is 17.6 Å². The molecule has 7 nitrogen and oxygen atoms in total. The maximum atomic E-state index is 13.5. The number of aliphatic hydroxyl groups is 1. The molecule has 0 bridgehead atoms. The van der Waals surface area contributed by atoms with Crippen LogP contribution < -0.4 is 0 Å². The van der Waals surface area contributed by atoms with Crippen LogP contribution in [0.15, 0.2) is 18.5 Å². The minimum absolute atomic E-state index is 0.101. The van der Waals surface area contributed by atoms with Crippen molar-refractivity contribution in [1.82, 2.24) is 20.0 Å². The molecule has 2 aromatic heterocycles. The van der Waals surface area contributed by atoms with E-state index >= 15 is 0 Å². The molecule has 4 aliphatic rings. The summed E-state index contributed by atoms with van der Waals surface area (Å²) in [5.74, 6) is 3.94. The van der Waals surface area contributed by atoms with Crippen molar-refractivity contribution in [3.05, 3.63) is 18.5 Å². The minimum Gasteiger partial charge on any atom is -0.387 e. The van der Waals surface area contributed by atoms with E-state index in [0.29, 0.717) is 30.8 Å². The van der Waals surface area contributed by atoms with Crippen LogP contribution in [0.3, 0.4) is 0 Å². The molecule has 2 heterocycles. The molecular weight excluding hydrogens is 440 g/mol. The highest BCUT2D eigenvalue weighted by molar-refractivity contribution is 5.82. The van der Waals surface area contributed by atoms with Crippen molar-refractivity contribution in [1.29, 1.82) is 0 Å². The highest BCUT2D eigenvalue weighted by Crippen LogP contribution is 2.64. The Morgan fingerprint density at radius 2 is 1.91 bits per heavy atom. The number of hydrogen-bond donors (Lipinski definition) is 1. The van der Waals surface area contributed by atoms with Gasteiger partial charge in [0.25, 0.3) is 0 Å². The maximum Gasteiger partial charge on any atom is 0.159 e. The number of hydrogen-bond acceptors (Lipinski definition) is 6. The maximum absolute atomic E-state index is 13.5. The summed E-state index contributed by atoms with van der Waals surface area (Å²) >= 11 is 0. The van der Waals surface area contributed by atoms with Crippen LogP contribution in [0, 0.1) is 40.9 Å². The molecule has 0 aromatic carbocycles. The molecule has 1 unspecified atom stereocenters. The van der Waals surface area contributed by atoms with E-state index < -0.39 is 5.60 Å². The molecule has 2 aromatic rings. The van der Waals surface area contributed by atoms with Gasteiger partial charge in [0.05, 0.1) is 18.4 Å². The highest BCUT2D eigenvalue weighted by Gasteiger charge is 2.59.